The molecule has 3 rings (SSSR count). The van der Waals surface area contributed by atoms with Gasteiger partial charge < -0.3 is 4.98 Å². The van der Waals surface area contributed by atoms with Crippen molar-refractivity contribution < 1.29 is 0 Å². The highest BCUT2D eigenvalue weighted by atomic mass is 32.1. The first-order valence-corrected chi connectivity index (χ1v) is 8.32. The van der Waals surface area contributed by atoms with Gasteiger partial charge in [-0.05, 0) is 18.6 Å². The van der Waals surface area contributed by atoms with Gasteiger partial charge in [-0.15, -0.1) is 0 Å². The van der Waals surface area contributed by atoms with E-state index in [9.17, 15) is 0 Å². The Bertz CT molecular complexity index is 648. The maximum absolute atomic E-state index is 4.85. The summed E-state index contributed by atoms with van der Waals surface area (Å²) in [6.45, 7) is 0. The SMILES string of the molecule is SCCCCc1nc(-c2ccccc2)c(-c2ccccc2)[nH]1. The summed E-state index contributed by atoms with van der Waals surface area (Å²) in [5, 5.41) is 0. The summed E-state index contributed by atoms with van der Waals surface area (Å²) in [6, 6.07) is 20.8. The lowest BCUT2D eigenvalue weighted by atomic mass is 10.1. The van der Waals surface area contributed by atoms with E-state index >= 15 is 0 Å². The molecule has 0 bridgehead atoms. The van der Waals surface area contributed by atoms with Gasteiger partial charge in [0.1, 0.15) is 5.82 Å². The van der Waals surface area contributed by atoms with Gasteiger partial charge in [0.15, 0.2) is 0 Å². The average molecular weight is 308 g/mol. The van der Waals surface area contributed by atoms with Crippen LogP contribution in [0.1, 0.15) is 18.7 Å². The van der Waals surface area contributed by atoms with E-state index in [1.807, 2.05) is 12.1 Å². The highest BCUT2D eigenvalue weighted by Crippen LogP contribution is 2.30. The van der Waals surface area contributed by atoms with Crippen molar-refractivity contribution in [1.29, 1.82) is 0 Å². The largest absolute Gasteiger partial charge is 0.341 e. The number of nitrogens with one attached hydrogen (secondary N) is 1. The Morgan fingerprint density at radius 1 is 0.818 bits per heavy atom. The number of rotatable bonds is 6. The summed E-state index contributed by atoms with van der Waals surface area (Å²) in [6.07, 6.45) is 3.19. The molecule has 1 aromatic heterocycles. The van der Waals surface area contributed by atoms with Crippen LogP contribution in [0.3, 0.4) is 0 Å². The van der Waals surface area contributed by atoms with Crippen molar-refractivity contribution in [3.8, 4) is 22.5 Å². The number of hydrogen-bond donors (Lipinski definition) is 2. The van der Waals surface area contributed by atoms with E-state index in [0.29, 0.717) is 0 Å². The van der Waals surface area contributed by atoms with Gasteiger partial charge in [-0.25, -0.2) is 4.98 Å². The molecule has 1 N–H and O–H groups in total. The van der Waals surface area contributed by atoms with Gasteiger partial charge in [-0.2, -0.15) is 12.6 Å². The predicted molar refractivity (Wildman–Crippen MR) is 96.3 cm³/mol. The zero-order valence-corrected chi connectivity index (χ0v) is 13.4. The molecule has 0 atom stereocenters. The highest BCUT2D eigenvalue weighted by Gasteiger charge is 2.13. The van der Waals surface area contributed by atoms with E-state index < -0.39 is 0 Å². The van der Waals surface area contributed by atoms with Crippen LogP contribution in [0.25, 0.3) is 22.5 Å². The van der Waals surface area contributed by atoms with Gasteiger partial charge in [-0.3, -0.25) is 0 Å². The first-order chi connectivity index (χ1) is 10.9. The Hall–Kier alpha value is -2.00. The minimum absolute atomic E-state index is 0.928. The van der Waals surface area contributed by atoms with E-state index in [1.165, 1.54) is 5.56 Å². The number of H-pyrrole nitrogens is 1. The van der Waals surface area contributed by atoms with E-state index in [2.05, 4.69) is 66.1 Å². The zero-order valence-electron chi connectivity index (χ0n) is 12.5. The van der Waals surface area contributed by atoms with Crippen LogP contribution >= 0.6 is 12.6 Å². The lowest BCUT2D eigenvalue weighted by molar-refractivity contribution is 0.770. The fraction of sp³-hybridized carbons (Fsp3) is 0.211. The zero-order chi connectivity index (χ0) is 15.2. The number of nitrogens with zero attached hydrogens (tertiary/aromatic N) is 1. The van der Waals surface area contributed by atoms with Crippen molar-refractivity contribution in [1.82, 2.24) is 9.97 Å². The molecule has 0 spiro atoms. The summed E-state index contributed by atoms with van der Waals surface area (Å²) in [4.78, 5) is 8.37. The van der Waals surface area contributed by atoms with E-state index in [-0.39, 0.29) is 0 Å². The highest BCUT2D eigenvalue weighted by molar-refractivity contribution is 7.80. The van der Waals surface area contributed by atoms with Crippen LogP contribution in [0, 0.1) is 0 Å². The Balaban J connectivity index is 1.99. The van der Waals surface area contributed by atoms with Crippen molar-refractivity contribution >= 4 is 12.6 Å². The minimum Gasteiger partial charge on any atom is -0.341 e. The summed E-state index contributed by atoms with van der Waals surface area (Å²) < 4.78 is 0. The Morgan fingerprint density at radius 3 is 2.09 bits per heavy atom. The van der Waals surface area contributed by atoms with Crippen LogP contribution < -0.4 is 0 Å². The molecule has 0 fully saturated rings. The van der Waals surface area contributed by atoms with Gasteiger partial charge in [0.2, 0.25) is 0 Å². The second kappa shape index (κ2) is 7.32. The molecule has 0 radical (unpaired) electrons. The van der Waals surface area contributed by atoms with Gasteiger partial charge >= 0.3 is 0 Å². The molecule has 0 saturated carbocycles. The van der Waals surface area contributed by atoms with Crippen molar-refractivity contribution in [2.24, 2.45) is 0 Å². The van der Waals surface area contributed by atoms with Gasteiger partial charge in [-0.1, -0.05) is 60.7 Å². The standard InChI is InChI=1S/C19H20N2S/c22-14-8-7-13-17-20-18(15-9-3-1-4-10-15)19(21-17)16-11-5-2-6-12-16/h1-6,9-12,22H,7-8,13-14H2,(H,20,21). The van der Waals surface area contributed by atoms with Crippen LogP contribution in [0.15, 0.2) is 60.7 Å². The number of benzene rings is 2. The first kappa shape index (κ1) is 14.9. The van der Waals surface area contributed by atoms with E-state index in [4.69, 9.17) is 4.98 Å². The van der Waals surface area contributed by atoms with Crippen LogP contribution in [0.2, 0.25) is 0 Å². The van der Waals surface area contributed by atoms with Gasteiger partial charge in [0, 0.05) is 17.5 Å². The number of aromatic nitrogens is 2. The molecule has 0 aliphatic heterocycles. The van der Waals surface area contributed by atoms with Crippen molar-refractivity contribution in [2.45, 2.75) is 19.3 Å². The quantitative estimate of drug-likeness (QED) is 0.487. The van der Waals surface area contributed by atoms with E-state index in [1.54, 1.807) is 0 Å². The fourth-order valence-corrected chi connectivity index (χ4v) is 2.79. The monoisotopic (exact) mass is 308 g/mol. The van der Waals surface area contributed by atoms with Crippen molar-refractivity contribution in [2.75, 3.05) is 5.75 Å². The second-order valence-corrected chi connectivity index (χ2v) is 5.77. The van der Waals surface area contributed by atoms with Crippen LogP contribution in [-0.2, 0) is 6.42 Å². The molecule has 0 aliphatic carbocycles. The van der Waals surface area contributed by atoms with Gasteiger partial charge in [0.05, 0.1) is 11.4 Å². The molecule has 22 heavy (non-hydrogen) atoms. The third-order valence-corrected chi connectivity index (χ3v) is 4.00. The molecular weight excluding hydrogens is 288 g/mol. The molecular formula is C19H20N2S. The summed E-state index contributed by atoms with van der Waals surface area (Å²) in [5.41, 5.74) is 4.47. The molecule has 112 valence electrons. The third kappa shape index (κ3) is 3.42. The molecule has 0 unspecified atom stereocenters. The van der Waals surface area contributed by atoms with Crippen LogP contribution in [0.4, 0.5) is 0 Å². The topological polar surface area (TPSA) is 28.7 Å². The predicted octanol–water partition coefficient (Wildman–Crippen LogP) is 5.00. The molecule has 2 aromatic carbocycles. The lowest BCUT2D eigenvalue weighted by Crippen LogP contribution is -1.89. The maximum Gasteiger partial charge on any atom is 0.107 e. The van der Waals surface area contributed by atoms with Crippen LogP contribution in [0.5, 0.6) is 0 Å². The normalized spacial score (nSPS) is 10.8. The number of hydrogen-bond acceptors (Lipinski definition) is 2. The molecule has 0 saturated heterocycles. The van der Waals surface area contributed by atoms with Gasteiger partial charge in [0.25, 0.3) is 0 Å². The fourth-order valence-electron chi connectivity index (χ4n) is 2.56. The first-order valence-electron chi connectivity index (χ1n) is 7.69. The molecule has 0 aliphatic rings. The molecule has 3 heteroatoms. The molecule has 3 aromatic rings. The summed E-state index contributed by atoms with van der Waals surface area (Å²) in [7, 11) is 0. The number of thiol groups is 1. The van der Waals surface area contributed by atoms with E-state index in [0.717, 1.165) is 47.8 Å². The molecule has 1 heterocycles. The second-order valence-electron chi connectivity index (χ2n) is 5.32. The third-order valence-electron chi connectivity index (χ3n) is 3.68. The number of aromatic amines is 1. The lowest BCUT2D eigenvalue weighted by Gasteiger charge is -2.02. The summed E-state index contributed by atoms with van der Waals surface area (Å²) >= 11 is 4.28. The van der Waals surface area contributed by atoms with Crippen LogP contribution in [-0.4, -0.2) is 15.7 Å². The summed E-state index contributed by atoms with van der Waals surface area (Å²) in [5.74, 6) is 1.98. The Morgan fingerprint density at radius 2 is 1.45 bits per heavy atom. The molecule has 2 nitrogen and oxygen atoms in total. The van der Waals surface area contributed by atoms with Crippen molar-refractivity contribution in [3.63, 3.8) is 0 Å². The maximum atomic E-state index is 4.85. The number of unbranched alkanes of at least 4 members (excludes halogenated alkanes) is 1. The van der Waals surface area contributed by atoms with Crippen molar-refractivity contribution in [3.05, 3.63) is 66.5 Å². The number of aryl methyl sites for hydroxylation is 1. The Labute approximate surface area is 137 Å². The Kier molecular flexibility index (Phi) is 4.96. The average Bonchev–Trinajstić information content (AvgIpc) is 3.01. The smallest absolute Gasteiger partial charge is 0.107 e. The number of imidazole rings is 1. The minimum atomic E-state index is 0.928. The molecule has 0 amide bonds.